The normalized spacial score (nSPS) is 9.91. The van der Waals surface area contributed by atoms with Crippen molar-refractivity contribution < 1.29 is 14.3 Å². The summed E-state index contributed by atoms with van der Waals surface area (Å²) in [5.41, 5.74) is 2.21. The van der Waals surface area contributed by atoms with Gasteiger partial charge < -0.3 is 15.4 Å². The number of para-hydroxylation sites is 1. The van der Waals surface area contributed by atoms with Gasteiger partial charge in [-0.05, 0) is 36.8 Å². The molecule has 0 unspecified atom stereocenters. The Hall–Kier alpha value is -2.82. The number of hydrogen-bond donors (Lipinski definition) is 2. The molecule has 22 heavy (non-hydrogen) atoms. The Bertz CT molecular complexity index is 669. The van der Waals surface area contributed by atoms with Crippen molar-refractivity contribution >= 4 is 23.2 Å². The SMILES string of the molecule is COc1ccc(C)cc1NC(=O)CC(=O)Nc1ccccc1. The summed E-state index contributed by atoms with van der Waals surface area (Å²) in [5, 5.41) is 5.36. The summed E-state index contributed by atoms with van der Waals surface area (Å²) >= 11 is 0. The van der Waals surface area contributed by atoms with Crippen LogP contribution in [0.4, 0.5) is 11.4 Å². The average molecular weight is 298 g/mol. The fraction of sp³-hybridized carbons (Fsp3) is 0.176. The quantitative estimate of drug-likeness (QED) is 0.834. The van der Waals surface area contributed by atoms with E-state index in [4.69, 9.17) is 4.74 Å². The molecule has 5 nitrogen and oxygen atoms in total. The molecule has 0 atom stereocenters. The third kappa shape index (κ3) is 4.34. The molecule has 2 aromatic rings. The molecule has 0 radical (unpaired) electrons. The monoisotopic (exact) mass is 298 g/mol. The Balaban J connectivity index is 1.95. The maximum absolute atomic E-state index is 12.0. The Morgan fingerprint density at radius 2 is 1.68 bits per heavy atom. The molecular formula is C17H18N2O3. The number of amides is 2. The summed E-state index contributed by atoms with van der Waals surface area (Å²) in [6.45, 7) is 1.91. The molecule has 2 N–H and O–H groups in total. The van der Waals surface area contributed by atoms with Crippen molar-refractivity contribution in [3.63, 3.8) is 0 Å². The fourth-order valence-corrected chi connectivity index (χ4v) is 1.99. The van der Waals surface area contributed by atoms with Gasteiger partial charge in [0.25, 0.3) is 0 Å². The Morgan fingerprint density at radius 1 is 1.00 bits per heavy atom. The molecule has 0 aliphatic rings. The number of benzene rings is 2. The highest BCUT2D eigenvalue weighted by atomic mass is 16.5. The maximum atomic E-state index is 12.0. The number of ether oxygens (including phenoxy) is 1. The fourth-order valence-electron chi connectivity index (χ4n) is 1.99. The highest BCUT2D eigenvalue weighted by Gasteiger charge is 2.12. The molecule has 0 heterocycles. The lowest BCUT2D eigenvalue weighted by Gasteiger charge is -2.11. The average Bonchev–Trinajstić information content (AvgIpc) is 2.48. The van der Waals surface area contributed by atoms with Gasteiger partial charge in [0.2, 0.25) is 11.8 Å². The number of nitrogens with one attached hydrogen (secondary N) is 2. The maximum Gasteiger partial charge on any atom is 0.233 e. The summed E-state index contributed by atoms with van der Waals surface area (Å²) in [6.07, 6.45) is -0.258. The van der Waals surface area contributed by atoms with Gasteiger partial charge in [0.1, 0.15) is 12.2 Å². The number of methoxy groups -OCH3 is 1. The van der Waals surface area contributed by atoms with Gasteiger partial charge in [-0.25, -0.2) is 0 Å². The molecule has 2 rings (SSSR count). The summed E-state index contributed by atoms with van der Waals surface area (Å²) in [6, 6.07) is 14.5. The van der Waals surface area contributed by atoms with E-state index in [1.807, 2.05) is 31.2 Å². The molecule has 0 spiro atoms. The van der Waals surface area contributed by atoms with Crippen LogP contribution in [0.15, 0.2) is 48.5 Å². The zero-order chi connectivity index (χ0) is 15.9. The number of carbonyl (C=O) groups excluding carboxylic acids is 2. The largest absolute Gasteiger partial charge is 0.495 e. The van der Waals surface area contributed by atoms with E-state index < -0.39 is 5.91 Å². The zero-order valence-electron chi connectivity index (χ0n) is 12.6. The summed E-state index contributed by atoms with van der Waals surface area (Å²) < 4.78 is 5.19. The van der Waals surface area contributed by atoms with Crippen LogP contribution in [0.25, 0.3) is 0 Å². The third-order valence-corrected chi connectivity index (χ3v) is 3.01. The van der Waals surface area contributed by atoms with E-state index in [9.17, 15) is 9.59 Å². The Kier molecular flexibility index (Phi) is 5.14. The number of anilines is 2. The van der Waals surface area contributed by atoms with Crippen LogP contribution >= 0.6 is 0 Å². The van der Waals surface area contributed by atoms with Gasteiger partial charge in [0.15, 0.2) is 0 Å². The van der Waals surface area contributed by atoms with Crippen LogP contribution in [-0.4, -0.2) is 18.9 Å². The highest BCUT2D eigenvalue weighted by molar-refractivity contribution is 6.08. The van der Waals surface area contributed by atoms with Crippen molar-refractivity contribution in [2.45, 2.75) is 13.3 Å². The molecule has 5 heteroatoms. The minimum atomic E-state index is -0.391. The number of aryl methyl sites for hydroxylation is 1. The molecule has 0 bridgehead atoms. The van der Waals surface area contributed by atoms with Crippen LogP contribution in [0.1, 0.15) is 12.0 Å². The van der Waals surface area contributed by atoms with Crippen molar-refractivity contribution in [2.24, 2.45) is 0 Å². The first-order valence-corrected chi connectivity index (χ1v) is 6.88. The number of hydrogen-bond acceptors (Lipinski definition) is 3. The van der Waals surface area contributed by atoms with E-state index in [0.29, 0.717) is 17.1 Å². The molecule has 2 amide bonds. The lowest BCUT2D eigenvalue weighted by Crippen LogP contribution is -2.21. The topological polar surface area (TPSA) is 67.4 Å². The molecule has 2 aromatic carbocycles. The lowest BCUT2D eigenvalue weighted by atomic mass is 10.2. The first-order valence-electron chi connectivity index (χ1n) is 6.88. The molecule has 0 aliphatic carbocycles. The van der Waals surface area contributed by atoms with Gasteiger partial charge in [0.05, 0.1) is 12.8 Å². The first-order chi connectivity index (χ1) is 10.6. The predicted molar refractivity (Wildman–Crippen MR) is 86.0 cm³/mol. The molecule has 0 aliphatic heterocycles. The van der Waals surface area contributed by atoms with Crippen LogP contribution < -0.4 is 15.4 Å². The van der Waals surface area contributed by atoms with Gasteiger partial charge in [0, 0.05) is 5.69 Å². The smallest absolute Gasteiger partial charge is 0.233 e. The third-order valence-electron chi connectivity index (χ3n) is 3.01. The Labute approximate surface area is 129 Å². The van der Waals surface area contributed by atoms with E-state index in [-0.39, 0.29) is 12.3 Å². The second kappa shape index (κ2) is 7.26. The van der Waals surface area contributed by atoms with Crippen LogP contribution in [0.3, 0.4) is 0 Å². The van der Waals surface area contributed by atoms with Crippen molar-refractivity contribution in [2.75, 3.05) is 17.7 Å². The molecule has 0 fully saturated rings. The van der Waals surface area contributed by atoms with Crippen LogP contribution in [0.2, 0.25) is 0 Å². The predicted octanol–water partition coefficient (Wildman–Crippen LogP) is 2.97. The van der Waals surface area contributed by atoms with Gasteiger partial charge in [-0.15, -0.1) is 0 Å². The van der Waals surface area contributed by atoms with Crippen LogP contribution in [0, 0.1) is 6.92 Å². The van der Waals surface area contributed by atoms with Gasteiger partial charge >= 0.3 is 0 Å². The second-order valence-corrected chi connectivity index (χ2v) is 4.84. The minimum Gasteiger partial charge on any atom is -0.495 e. The molecule has 0 aromatic heterocycles. The van der Waals surface area contributed by atoms with Gasteiger partial charge in [-0.3, -0.25) is 9.59 Å². The summed E-state index contributed by atoms with van der Waals surface area (Å²) in [5.74, 6) is -0.199. The number of carbonyl (C=O) groups is 2. The van der Waals surface area contributed by atoms with E-state index >= 15 is 0 Å². The van der Waals surface area contributed by atoms with Crippen LogP contribution in [-0.2, 0) is 9.59 Å². The van der Waals surface area contributed by atoms with Gasteiger partial charge in [-0.1, -0.05) is 24.3 Å². The Morgan fingerprint density at radius 3 is 2.36 bits per heavy atom. The lowest BCUT2D eigenvalue weighted by molar-refractivity contribution is -0.123. The highest BCUT2D eigenvalue weighted by Crippen LogP contribution is 2.25. The molecular weight excluding hydrogens is 280 g/mol. The number of rotatable bonds is 5. The second-order valence-electron chi connectivity index (χ2n) is 4.84. The molecule has 0 saturated carbocycles. The minimum absolute atomic E-state index is 0.258. The zero-order valence-corrected chi connectivity index (χ0v) is 12.6. The van der Waals surface area contributed by atoms with Crippen molar-refractivity contribution in [3.05, 3.63) is 54.1 Å². The van der Waals surface area contributed by atoms with Crippen molar-refractivity contribution in [1.82, 2.24) is 0 Å². The van der Waals surface area contributed by atoms with E-state index in [1.165, 1.54) is 7.11 Å². The molecule has 114 valence electrons. The van der Waals surface area contributed by atoms with Crippen LogP contribution in [0.5, 0.6) is 5.75 Å². The van der Waals surface area contributed by atoms with E-state index in [1.54, 1.807) is 24.3 Å². The van der Waals surface area contributed by atoms with E-state index in [2.05, 4.69) is 10.6 Å². The van der Waals surface area contributed by atoms with Gasteiger partial charge in [-0.2, -0.15) is 0 Å². The summed E-state index contributed by atoms with van der Waals surface area (Å²) in [7, 11) is 1.53. The summed E-state index contributed by atoms with van der Waals surface area (Å²) in [4.78, 5) is 23.8. The van der Waals surface area contributed by atoms with Crippen molar-refractivity contribution in [1.29, 1.82) is 0 Å². The van der Waals surface area contributed by atoms with E-state index in [0.717, 1.165) is 5.56 Å². The standard InChI is InChI=1S/C17H18N2O3/c1-12-8-9-15(22-2)14(10-12)19-17(21)11-16(20)18-13-6-4-3-5-7-13/h3-10H,11H2,1-2H3,(H,18,20)(H,19,21). The van der Waals surface area contributed by atoms with Crippen molar-refractivity contribution in [3.8, 4) is 5.75 Å². The molecule has 0 saturated heterocycles. The first kappa shape index (κ1) is 15.6.